The zero-order valence-electron chi connectivity index (χ0n) is 20.8. The number of imide groups is 2. The largest absolute Gasteiger partial charge is 0.372 e. The minimum Gasteiger partial charge on any atom is -0.372 e. The molecular weight excluding hydrogens is 474 g/mol. The number of benzene rings is 2. The third-order valence-electron chi connectivity index (χ3n) is 7.92. The number of ether oxygens (including phenoxy) is 1. The molecular formula is C27H29N5O5. The maximum atomic E-state index is 13.3. The first-order valence-corrected chi connectivity index (χ1v) is 12.6. The molecule has 0 radical (unpaired) electrons. The summed E-state index contributed by atoms with van der Waals surface area (Å²) in [5.74, 6) is -1.24. The van der Waals surface area contributed by atoms with Gasteiger partial charge in [-0.15, -0.1) is 0 Å². The Balaban J connectivity index is 1.35. The van der Waals surface area contributed by atoms with E-state index in [0.717, 1.165) is 22.5 Å². The molecule has 37 heavy (non-hydrogen) atoms. The molecule has 3 atom stereocenters. The number of hydrogen-bond acceptors (Lipinski definition) is 6. The van der Waals surface area contributed by atoms with E-state index >= 15 is 0 Å². The van der Waals surface area contributed by atoms with Gasteiger partial charge < -0.3 is 14.5 Å². The van der Waals surface area contributed by atoms with Crippen LogP contribution in [0, 0.1) is 5.41 Å². The number of nitrogens with one attached hydrogen (secondary N) is 2. The van der Waals surface area contributed by atoms with E-state index in [1.807, 2.05) is 67.3 Å². The molecule has 4 heterocycles. The molecule has 6 amide bonds. The lowest BCUT2D eigenvalue weighted by atomic mass is 9.66. The van der Waals surface area contributed by atoms with E-state index in [-0.39, 0.29) is 18.6 Å². The minimum absolute atomic E-state index is 0.0837. The number of urea groups is 2. The van der Waals surface area contributed by atoms with Gasteiger partial charge in [0.05, 0.1) is 18.2 Å². The van der Waals surface area contributed by atoms with Crippen molar-refractivity contribution in [1.82, 2.24) is 15.5 Å². The summed E-state index contributed by atoms with van der Waals surface area (Å²) in [5.41, 5.74) is 1.94. The Bertz CT molecular complexity index is 1280. The Kier molecular flexibility index (Phi) is 5.45. The maximum Gasteiger partial charge on any atom is 0.328 e. The monoisotopic (exact) mass is 503 g/mol. The highest BCUT2D eigenvalue weighted by Crippen LogP contribution is 2.47. The average molecular weight is 504 g/mol. The topological polar surface area (TPSA) is 111 Å². The Morgan fingerprint density at radius 2 is 1.70 bits per heavy atom. The normalized spacial score (nSPS) is 26.6. The Labute approximate surface area is 214 Å². The first kappa shape index (κ1) is 23.5. The molecule has 2 N–H and O–H groups in total. The predicted molar refractivity (Wildman–Crippen MR) is 135 cm³/mol. The lowest BCUT2D eigenvalue weighted by Gasteiger charge is -2.55. The van der Waals surface area contributed by atoms with E-state index < -0.39 is 35.4 Å². The fraction of sp³-hybridized carbons (Fsp3) is 0.407. The number of amides is 6. The molecule has 0 bridgehead atoms. The maximum absolute atomic E-state index is 13.3. The van der Waals surface area contributed by atoms with Crippen LogP contribution in [0.5, 0.6) is 0 Å². The molecule has 4 aliphatic rings. The van der Waals surface area contributed by atoms with Crippen LogP contribution >= 0.6 is 0 Å². The molecule has 3 saturated heterocycles. The van der Waals surface area contributed by atoms with Gasteiger partial charge in [-0.2, -0.15) is 0 Å². The van der Waals surface area contributed by atoms with Gasteiger partial charge in [0.2, 0.25) is 11.8 Å². The van der Waals surface area contributed by atoms with Gasteiger partial charge in [-0.05, 0) is 49.6 Å². The van der Waals surface area contributed by atoms with Crippen LogP contribution < -0.4 is 20.4 Å². The highest BCUT2D eigenvalue weighted by molar-refractivity contribution is 6.20. The van der Waals surface area contributed by atoms with Crippen LogP contribution in [0.2, 0.25) is 0 Å². The lowest BCUT2D eigenvalue weighted by molar-refractivity contribution is -0.153. The number of fused-ring (bicyclic) bond motifs is 4. The number of morpholine rings is 1. The molecule has 192 valence electrons. The Hall–Kier alpha value is -3.92. The molecule has 4 aliphatic heterocycles. The zero-order valence-corrected chi connectivity index (χ0v) is 20.8. The van der Waals surface area contributed by atoms with Crippen LogP contribution in [0.4, 0.5) is 21.0 Å². The van der Waals surface area contributed by atoms with E-state index in [0.29, 0.717) is 26.2 Å². The summed E-state index contributed by atoms with van der Waals surface area (Å²) in [6, 6.07) is 14.2. The second-order valence-electron chi connectivity index (χ2n) is 10.3. The number of carbonyl (C=O) groups is 4. The summed E-state index contributed by atoms with van der Waals surface area (Å²) in [4.78, 5) is 57.5. The average Bonchev–Trinajstić information content (AvgIpc) is 3.22. The van der Waals surface area contributed by atoms with Gasteiger partial charge in [0.15, 0.2) is 5.41 Å². The van der Waals surface area contributed by atoms with Crippen LogP contribution in [0.1, 0.15) is 25.0 Å². The van der Waals surface area contributed by atoms with Crippen molar-refractivity contribution < 1.29 is 23.9 Å². The van der Waals surface area contributed by atoms with Crippen LogP contribution in [-0.4, -0.2) is 66.7 Å². The fourth-order valence-electron chi connectivity index (χ4n) is 6.37. The molecule has 10 heteroatoms. The summed E-state index contributed by atoms with van der Waals surface area (Å²) in [7, 11) is 0. The SMILES string of the molecule is C[C@@H]1CN2c3ccc(N4CCN(Cc5ccccc5)C4=O)cc3CC3(C(=O)NC(=O)NC3=O)[C@H]2[C@H](C)O1. The Morgan fingerprint density at radius 3 is 2.43 bits per heavy atom. The van der Waals surface area contributed by atoms with Crippen molar-refractivity contribution in [2.75, 3.05) is 29.4 Å². The van der Waals surface area contributed by atoms with Crippen LogP contribution in [0.25, 0.3) is 0 Å². The lowest BCUT2D eigenvalue weighted by Crippen LogP contribution is -2.75. The number of barbiturate groups is 1. The van der Waals surface area contributed by atoms with Gasteiger partial charge in [0.1, 0.15) is 0 Å². The molecule has 0 saturated carbocycles. The molecule has 3 fully saturated rings. The molecule has 1 spiro atoms. The molecule has 0 unspecified atom stereocenters. The van der Waals surface area contributed by atoms with Crippen molar-refractivity contribution in [3.8, 4) is 0 Å². The van der Waals surface area contributed by atoms with Gasteiger partial charge >= 0.3 is 12.1 Å². The highest BCUT2D eigenvalue weighted by Gasteiger charge is 2.62. The van der Waals surface area contributed by atoms with Crippen LogP contribution in [0.15, 0.2) is 48.5 Å². The fourth-order valence-corrected chi connectivity index (χ4v) is 6.37. The van der Waals surface area contributed by atoms with Crippen LogP contribution in [-0.2, 0) is 27.3 Å². The van der Waals surface area contributed by atoms with Crippen molar-refractivity contribution in [2.45, 2.75) is 45.1 Å². The number of nitrogens with zero attached hydrogens (tertiary/aromatic N) is 3. The van der Waals surface area contributed by atoms with E-state index in [4.69, 9.17) is 4.74 Å². The van der Waals surface area contributed by atoms with E-state index in [2.05, 4.69) is 15.5 Å². The third-order valence-corrected chi connectivity index (χ3v) is 7.92. The summed E-state index contributed by atoms with van der Waals surface area (Å²) in [6.07, 6.45) is -0.440. The molecule has 2 aromatic rings. The number of anilines is 2. The van der Waals surface area contributed by atoms with Crippen molar-refractivity contribution in [2.24, 2.45) is 5.41 Å². The molecule has 10 nitrogen and oxygen atoms in total. The molecule has 0 aromatic heterocycles. The summed E-state index contributed by atoms with van der Waals surface area (Å²) >= 11 is 0. The quantitative estimate of drug-likeness (QED) is 0.620. The van der Waals surface area contributed by atoms with Crippen molar-refractivity contribution in [1.29, 1.82) is 0 Å². The van der Waals surface area contributed by atoms with E-state index in [1.54, 1.807) is 4.90 Å². The van der Waals surface area contributed by atoms with Gasteiger partial charge in [-0.3, -0.25) is 25.1 Å². The van der Waals surface area contributed by atoms with Crippen molar-refractivity contribution in [3.05, 3.63) is 59.7 Å². The van der Waals surface area contributed by atoms with E-state index in [9.17, 15) is 19.2 Å². The standard InChI is InChI=1S/C27H29N5O5/c1-16-14-32-21-9-8-20(31-11-10-30(26(31)36)15-18-6-4-3-5-7-18)12-19(21)13-27(22(32)17(2)37-16)23(33)28-25(35)29-24(27)34/h3-9,12,16-17,22H,10-11,13-15H2,1-2H3,(H2,28,29,33,34,35)/t16-,17+,22-/m1/s1. The molecule has 0 aliphatic carbocycles. The smallest absolute Gasteiger partial charge is 0.328 e. The predicted octanol–water partition coefficient (Wildman–Crippen LogP) is 2.02. The summed E-state index contributed by atoms with van der Waals surface area (Å²) in [6.45, 7) is 5.98. The second-order valence-corrected chi connectivity index (χ2v) is 10.3. The van der Waals surface area contributed by atoms with Crippen LogP contribution in [0.3, 0.4) is 0 Å². The van der Waals surface area contributed by atoms with E-state index in [1.165, 1.54) is 0 Å². The summed E-state index contributed by atoms with van der Waals surface area (Å²) in [5, 5.41) is 4.62. The molecule has 6 rings (SSSR count). The van der Waals surface area contributed by atoms with Crippen molar-refractivity contribution >= 4 is 35.3 Å². The third kappa shape index (κ3) is 3.66. The summed E-state index contributed by atoms with van der Waals surface area (Å²) < 4.78 is 6.06. The first-order valence-electron chi connectivity index (χ1n) is 12.6. The first-order chi connectivity index (χ1) is 17.8. The Morgan fingerprint density at radius 1 is 0.973 bits per heavy atom. The van der Waals surface area contributed by atoms with Crippen molar-refractivity contribution in [3.63, 3.8) is 0 Å². The van der Waals surface area contributed by atoms with Gasteiger partial charge in [0, 0.05) is 37.6 Å². The molecule has 2 aromatic carbocycles. The minimum atomic E-state index is -1.53. The highest BCUT2D eigenvalue weighted by atomic mass is 16.5. The zero-order chi connectivity index (χ0) is 25.9. The van der Waals surface area contributed by atoms with Gasteiger partial charge in [0.25, 0.3) is 0 Å². The number of hydrogen-bond donors (Lipinski definition) is 2. The number of carbonyl (C=O) groups excluding carboxylic acids is 4. The van der Waals surface area contributed by atoms with Gasteiger partial charge in [-0.1, -0.05) is 30.3 Å². The second kappa shape index (κ2) is 8.58. The van der Waals surface area contributed by atoms with Gasteiger partial charge in [-0.25, -0.2) is 9.59 Å². The number of rotatable bonds is 3.